The van der Waals surface area contributed by atoms with Gasteiger partial charge in [0.2, 0.25) is 5.88 Å². The topological polar surface area (TPSA) is 95.1 Å². The minimum absolute atomic E-state index is 0.248. The standard InChI is InChI=1S/C18H13N5O3/c24-18(15-3-1-10-25-15)22-13-4-6-14(7-5-13)26-17-11-16(19-12-20-17)23-9-2-8-21-23/h1-12H,(H,22,24). The van der Waals surface area contributed by atoms with E-state index >= 15 is 0 Å². The van der Waals surface area contributed by atoms with E-state index in [0.29, 0.717) is 23.1 Å². The first kappa shape index (κ1) is 15.6. The van der Waals surface area contributed by atoms with Crippen molar-refractivity contribution in [1.82, 2.24) is 19.7 Å². The van der Waals surface area contributed by atoms with E-state index in [9.17, 15) is 4.79 Å². The van der Waals surface area contributed by atoms with Crippen molar-refractivity contribution in [2.75, 3.05) is 5.32 Å². The molecule has 0 spiro atoms. The second-order valence-corrected chi connectivity index (χ2v) is 5.22. The summed E-state index contributed by atoms with van der Waals surface area (Å²) in [6, 6.07) is 13.7. The van der Waals surface area contributed by atoms with Gasteiger partial charge in [0, 0.05) is 24.1 Å². The van der Waals surface area contributed by atoms with Crippen molar-refractivity contribution in [1.29, 1.82) is 0 Å². The number of hydrogen-bond acceptors (Lipinski definition) is 6. The van der Waals surface area contributed by atoms with Crippen molar-refractivity contribution >= 4 is 11.6 Å². The largest absolute Gasteiger partial charge is 0.459 e. The summed E-state index contributed by atoms with van der Waals surface area (Å²) < 4.78 is 12.4. The number of amides is 1. The highest BCUT2D eigenvalue weighted by Gasteiger charge is 2.09. The third-order valence-electron chi connectivity index (χ3n) is 3.45. The van der Waals surface area contributed by atoms with E-state index in [-0.39, 0.29) is 11.7 Å². The van der Waals surface area contributed by atoms with Gasteiger partial charge < -0.3 is 14.5 Å². The van der Waals surface area contributed by atoms with Crippen LogP contribution in [0.2, 0.25) is 0 Å². The number of benzene rings is 1. The summed E-state index contributed by atoms with van der Waals surface area (Å²) in [6.45, 7) is 0. The maximum Gasteiger partial charge on any atom is 0.291 e. The molecule has 0 saturated heterocycles. The van der Waals surface area contributed by atoms with Crippen LogP contribution in [0.25, 0.3) is 5.82 Å². The van der Waals surface area contributed by atoms with Gasteiger partial charge in [-0.15, -0.1) is 0 Å². The molecule has 1 N–H and O–H groups in total. The Morgan fingerprint density at radius 1 is 1.12 bits per heavy atom. The predicted molar refractivity (Wildman–Crippen MR) is 92.3 cm³/mol. The normalized spacial score (nSPS) is 10.5. The molecule has 0 fully saturated rings. The lowest BCUT2D eigenvalue weighted by atomic mass is 10.3. The minimum Gasteiger partial charge on any atom is -0.459 e. The number of nitrogens with zero attached hydrogens (tertiary/aromatic N) is 4. The van der Waals surface area contributed by atoms with E-state index in [0.717, 1.165) is 0 Å². The molecule has 0 unspecified atom stereocenters. The Balaban J connectivity index is 1.44. The van der Waals surface area contributed by atoms with Gasteiger partial charge in [-0.1, -0.05) is 0 Å². The number of carbonyl (C=O) groups is 1. The number of rotatable bonds is 5. The number of hydrogen-bond donors (Lipinski definition) is 1. The highest BCUT2D eigenvalue weighted by Crippen LogP contribution is 2.22. The van der Waals surface area contributed by atoms with Crippen LogP contribution in [0, 0.1) is 0 Å². The Bertz CT molecular complexity index is 996. The fourth-order valence-electron chi connectivity index (χ4n) is 2.24. The number of furan rings is 1. The SMILES string of the molecule is O=C(Nc1ccc(Oc2cc(-n3cccn3)ncn2)cc1)c1ccco1. The minimum atomic E-state index is -0.316. The molecular formula is C18H13N5O3. The molecule has 0 aliphatic rings. The number of ether oxygens (including phenoxy) is 1. The fourth-order valence-corrected chi connectivity index (χ4v) is 2.24. The molecule has 26 heavy (non-hydrogen) atoms. The smallest absolute Gasteiger partial charge is 0.291 e. The van der Waals surface area contributed by atoms with E-state index in [2.05, 4.69) is 20.4 Å². The number of aromatic nitrogens is 4. The highest BCUT2D eigenvalue weighted by atomic mass is 16.5. The molecule has 3 heterocycles. The van der Waals surface area contributed by atoms with Gasteiger partial charge in [0.25, 0.3) is 5.91 Å². The van der Waals surface area contributed by atoms with E-state index in [4.69, 9.17) is 9.15 Å². The second kappa shape index (κ2) is 6.89. The van der Waals surface area contributed by atoms with Crippen LogP contribution in [0.5, 0.6) is 11.6 Å². The first-order chi connectivity index (χ1) is 12.8. The third-order valence-corrected chi connectivity index (χ3v) is 3.45. The molecule has 3 aromatic heterocycles. The van der Waals surface area contributed by atoms with E-state index in [1.54, 1.807) is 65.6 Å². The van der Waals surface area contributed by atoms with Crippen LogP contribution in [0.4, 0.5) is 5.69 Å². The molecule has 0 saturated carbocycles. The van der Waals surface area contributed by atoms with E-state index in [1.807, 2.05) is 0 Å². The maximum atomic E-state index is 11.9. The average Bonchev–Trinajstić information content (AvgIpc) is 3.38. The zero-order valence-electron chi connectivity index (χ0n) is 13.4. The molecule has 0 bridgehead atoms. The Hall–Kier alpha value is -3.94. The first-order valence-corrected chi connectivity index (χ1v) is 7.73. The van der Waals surface area contributed by atoms with Gasteiger partial charge in [-0.25, -0.2) is 14.6 Å². The van der Waals surface area contributed by atoms with E-state index in [1.165, 1.54) is 12.6 Å². The predicted octanol–water partition coefficient (Wildman–Crippen LogP) is 3.30. The fraction of sp³-hybridized carbons (Fsp3) is 0. The van der Waals surface area contributed by atoms with Crippen molar-refractivity contribution in [3.8, 4) is 17.4 Å². The van der Waals surface area contributed by atoms with Crippen molar-refractivity contribution in [3.63, 3.8) is 0 Å². The van der Waals surface area contributed by atoms with E-state index < -0.39 is 0 Å². The maximum absolute atomic E-state index is 11.9. The van der Waals surface area contributed by atoms with Gasteiger partial charge in [0.05, 0.1) is 6.26 Å². The van der Waals surface area contributed by atoms with Gasteiger partial charge in [-0.2, -0.15) is 5.10 Å². The summed E-state index contributed by atoms with van der Waals surface area (Å²) in [4.78, 5) is 20.2. The summed E-state index contributed by atoms with van der Waals surface area (Å²) >= 11 is 0. The molecule has 1 aromatic carbocycles. The Morgan fingerprint density at radius 2 is 2.00 bits per heavy atom. The number of carbonyl (C=O) groups excluding carboxylic acids is 1. The van der Waals surface area contributed by atoms with Gasteiger partial charge in [-0.05, 0) is 42.5 Å². The van der Waals surface area contributed by atoms with Gasteiger partial charge in [0.1, 0.15) is 12.1 Å². The van der Waals surface area contributed by atoms with Crippen LogP contribution in [0.1, 0.15) is 10.6 Å². The summed E-state index contributed by atoms with van der Waals surface area (Å²) in [5, 5.41) is 6.86. The van der Waals surface area contributed by atoms with Crippen molar-refractivity contribution in [2.45, 2.75) is 0 Å². The van der Waals surface area contributed by atoms with Crippen LogP contribution in [-0.4, -0.2) is 25.7 Å². The zero-order valence-corrected chi connectivity index (χ0v) is 13.4. The molecule has 0 radical (unpaired) electrons. The average molecular weight is 347 g/mol. The molecular weight excluding hydrogens is 334 g/mol. The Kier molecular flexibility index (Phi) is 4.13. The molecule has 0 aliphatic carbocycles. The lowest BCUT2D eigenvalue weighted by Gasteiger charge is -2.07. The van der Waals surface area contributed by atoms with Crippen molar-refractivity contribution in [3.05, 3.63) is 79.3 Å². The molecule has 0 aliphatic heterocycles. The molecule has 8 nitrogen and oxygen atoms in total. The molecule has 128 valence electrons. The van der Waals surface area contributed by atoms with Crippen molar-refractivity contribution in [2.24, 2.45) is 0 Å². The molecule has 0 atom stereocenters. The van der Waals surface area contributed by atoms with Crippen LogP contribution in [0.3, 0.4) is 0 Å². The van der Waals surface area contributed by atoms with Crippen LogP contribution in [-0.2, 0) is 0 Å². The lowest BCUT2D eigenvalue weighted by Crippen LogP contribution is -2.10. The lowest BCUT2D eigenvalue weighted by molar-refractivity contribution is 0.0996. The Morgan fingerprint density at radius 3 is 2.73 bits per heavy atom. The Labute approximate surface area is 148 Å². The van der Waals surface area contributed by atoms with Gasteiger partial charge in [0.15, 0.2) is 11.6 Å². The zero-order chi connectivity index (χ0) is 17.8. The monoisotopic (exact) mass is 347 g/mol. The quantitative estimate of drug-likeness (QED) is 0.595. The van der Waals surface area contributed by atoms with Crippen LogP contribution >= 0.6 is 0 Å². The molecule has 8 heteroatoms. The molecule has 4 rings (SSSR count). The number of anilines is 1. The van der Waals surface area contributed by atoms with Crippen LogP contribution in [0.15, 0.2) is 77.9 Å². The first-order valence-electron chi connectivity index (χ1n) is 7.73. The van der Waals surface area contributed by atoms with Crippen LogP contribution < -0.4 is 10.1 Å². The van der Waals surface area contributed by atoms with Gasteiger partial charge >= 0.3 is 0 Å². The summed E-state index contributed by atoms with van der Waals surface area (Å²) in [5.74, 6) is 1.49. The third kappa shape index (κ3) is 3.44. The summed E-state index contributed by atoms with van der Waals surface area (Å²) in [5.41, 5.74) is 0.624. The van der Waals surface area contributed by atoms with Crippen molar-refractivity contribution < 1.29 is 13.9 Å². The summed E-state index contributed by atoms with van der Waals surface area (Å²) in [6.07, 6.45) is 6.30. The summed E-state index contributed by atoms with van der Waals surface area (Å²) in [7, 11) is 0. The second-order valence-electron chi connectivity index (χ2n) is 5.22. The number of nitrogens with one attached hydrogen (secondary N) is 1. The molecule has 1 amide bonds. The highest BCUT2D eigenvalue weighted by molar-refractivity contribution is 6.02. The molecule has 4 aromatic rings. The van der Waals surface area contributed by atoms with Gasteiger partial charge in [-0.3, -0.25) is 4.79 Å².